The van der Waals surface area contributed by atoms with Crippen LogP contribution in [0.25, 0.3) is 82.1 Å². The number of benzene rings is 7. The van der Waals surface area contributed by atoms with E-state index in [1.54, 1.807) is 0 Å². The van der Waals surface area contributed by atoms with Gasteiger partial charge in [0, 0.05) is 32.9 Å². The highest BCUT2D eigenvalue weighted by atomic mass is 15.0. The molecule has 4 nitrogen and oxygen atoms in total. The Kier molecular flexibility index (Phi) is 6.22. The number of para-hydroxylation sites is 2. The standard InChI is InChI=1S/C44H26N4/c1-46-34-18-22-36(23-19-34)48-42-9-5-3-7-38(42)40-27-33(17-25-44(40)48)31-14-12-30(13-15-31)32-16-24-43-39(26-32)37-6-2-4-8-41(37)47(43)35-20-10-29(28-45)11-21-35/h2-27H. The predicted octanol–water partition coefficient (Wildman–Crippen LogP) is 11.6. The number of aromatic nitrogens is 2. The van der Waals surface area contributed by atoms with Gasteiger partial charge in [0.05, 0.1) is 40.3 Å². The van der Waals surface area contributed by atoms with E-state index in [2.05, 4.69) is 129 Å². The minimum Gasteiger partial charge on any atom is -0.309 e. The molecule has 0 amide bonds. The summed E-state index contributed by atoms with van der Waals surface area (Å²) in [5, 5.41) is 14.1. The second-order valence-corrected chi connectivity index (χ2v) is 12.0. The van der Waals surface area contributed by atoms with Crippen LogP contribution in [0.3, 0.4) is 0 Å². The van der Waals surface area contributed by atoms with E-state index in [0.29, 0.717) is 11.3 Å². The molecule has 0 saturated heterocycles. The van der Waals surface area contributed by atoms with Crippen molar-refractivity contribution in [1.82, 2.24) is 9.13 Å². The van der Waals surface area contributed by atoms with Crippen LogP contribution in [-0.2, 0) is 0 Å². The largest absolute Gasteiger partial charge is 0.309 e. The highest BCUT2D eigenvalue weighted by Gasteiger charge is 2.15. The van der Waals surface area contributed by atoms with E-state index in [9.17, 15) is 5.26 Å². The maximum absolute atomic E-state index is 9.29. The van der Waals surface area contributed by atoms with Crippen LogP contribution in [0.5, 0.6) is 0 Å². The van der Waals surface area contributed by atoms with Crippen molar-refractivity contribution in [2.24, 2.45) is 0 Å². The molecule has 0 fully saturated rings. The van der Waals surface area contributed by atoms with Crippen LogP contribution in [0.4, 0.5) is 5.69 Å². The Morgan fingerprint density at radius 3 is 1.31 bits per heavy atom. The predicted molar refractivity (Wildman–Crippen MR) is 197 cm³/mol. The van der Waals surface area contributed by atoms with Gasteiger partial charge >= 0.3 is 0 Å². The lowest BCUT2D eigenvalue weighted by Gasteiger charge is -2.10. The van der Waals surface area contributed by atoms with Crippen molar-refractivity contribution >= 4 is 49.3 Å². The second-order valence-electron chi connectivity index (χ2n) is 12.0. The summed E-state index contributed by atoms with van der Waals surface area (Å²) in [7, 11) is 0. The van der Waals surface area contributed by atoms with E-state index in [1.807, 2.05) is 48.5 Å². The third-order valence-corrected chi connectivity index (χ3v) is 9.39. The zero-order valence-corrected chi connectivity index (χ0v) is 25.8. The number of nitrogens with zero attached hydrogens (tertiary/aromatic N) is 4. The molecule has 48 heavy (non-hydrogen) atoms. The van der Waals surface area contributed by atoms with Crippen LogP contribution in [0.1, 0.15) is 5.56 Å². The monoisotopic (exact) mass is 610 g/mol. The van der Waals surface area contributed by atoms with E-state index < -0.39 is 0 Å². The van der Waals surface area contributed by atoms with Crippen LogP contribution in [0.15, 0.2) is 158 Å². The average Bonchev–Trinajstić information content (AvgIpc) is 3.67. The minimum atomic E-state index is 0.639. The Balaban J connectivity index is 1.10. The Morgan fingerprint density at radius 2 is 0.854 bits per heavy atom. The third kappa shape index (κ3) is 4.29. The molecule has 0 atom stereocenters. The topological polar surface area (TPSA) is 38.0 Å². The molecule has 0 spiro atoms. The molecule has 222 valence electrons. The highest BCUT2D eigenvalue weighted by molar-refractivity contribution is 6.11. The van der Waals surface area contributed by atoms with E-state index in [4.69, 9.17) is 6.57 Å². The van der Waals surface area contributed by atoms with Crippen LogP contribution in [0.2, 0.25) is 0 Å². The fraction of sp³-hybridized carbons (Fsp3) is 0. The van der Waals surface area contributed by atoms with Crippen molar-refractivity contribution in [3.8, 4) is 39.7 Å². The van der Waals surface area contributed by atoms with Crippen molar-refractivity contribution in [2.75, 3.05) is 0 Å². The molecule has 0 aliphatic rings. The summed E-state index contributed by atoms with van der Waals surface area (Å²) in [6.45, 7) is 7.33. The van der Waals surface area contributed by atoms with E-state index in [0.717, 1.165) is 44.6 Å². The maximum atomic E-state index is 9.29. The fourth-order valence-electron chi connectivity index (χ4n) is 7.08. The summed E-state index contributed by atoms with van der Waals surface area (Å²) in [6.07, 6.45) is 0. The third-order valence-electron chi connectivity index (χ3n) is 9.39. The lowest BCUT2D eigenvalue weighted by Crippen LogP contribution is -1.93. The fourth-order valence-corrected chi connectivity index (χ4v) is 7.08. The summed E-state index contributed by atoms with van der Waals surface area (Å²) in [6, 6.07) is 57.0. The van der Waals surface area contributed by atoms with E-state index in [-0.39, 0.29) is 0 Å². The van der Waals surface area contributed by atoms with Crippen LogP contribution >= 0.6 is 0 Å². The number of hydrogen-bond acceptors (Lipinski definition) is 1. The highest BCUT2D eigenvalue weighted by Crippen LogP contribution is 2.37. The second kappa shape index (κ2) is 10.9. The van der Waals surface area contributed by atoms with Crippen molar-refractivity contribution in [1.29, 1.82) is 5.26 Å². The van der Waals surface area contributed by atoms with E-state index in [1.165, 1.54) is 32.7 Å². The van der Waals surface area contributed by atoms with Crippen molar-refractivity contribution in [3.05, 3.63) is 175 Å². The molecule has 7 aromatic carbocycles. The number of rotatable bonds is 4. The Bertz CT molecular complexity index is 2570. The molecule has 9 rings (SSSR count). The first-order chi connectivity index (χ1) is 23.7. The molecule has 2 aromatic heterocycles. The van der Waals surface area contributed by atoms with Gasteiger partial charge < -0.3 is 9.13 Å². The first kappa shape index (κ1) is 27.4. The summed E-state index contributed by atoms with van der Waals surface area (Å²) in [4.78, 5) is 3.56. The van der Waals surface area contributed by atoms with Gasteiger partial charge in [-0.25, -0.2) is 4.85 Å². The molecule has 4 heteroatoms. The minimum absolute atomic E-state index is 0.639. The van der Waals surface area contributed by atoms with Gasteiger partial charge in [0.1, 0.15) is 0 Å². The number of nitriles is 1. The van der Waals surface area contributed by atoms with Crippen LogP contribution in [-0.4, -0.2) is 9.13 Å². The molecule has 0 radical (unpaired) electrons. The Morgan fingerprint density at radius 1 is 0.438 bits per heavy atom. The summed E-state index contributed by atoms with van der Waals surface area (Å²) in [5.41, 5.74) is 12.6. The van der Waals surface area contributed by atoms with Gasteiger partial charge in [-0.3, -0.25) is 0 Å². The summed E-state index contributed by atoms with van der Waals surface area (Å²) < 4.78 is 4.55. The zero-order chi connectivity index (χ0) is 32.2. The van der Waals surface area contributed by atoms with Crippen molar-refractivity contribution < 1.29 is 0 Å². The summed E-state index contributed by atoms with van der Waals surface area (Å²) >= 11 is 0. The normalized spacial score (nSPS) is 11.3. The van der Waals surface area contributed by atoms with Gasteiger partial charge in [-0.2, -0.15) is 5.26 Å². The molecule has 0 unspecified atom stereocenters. The molecule has 0 N–H and O–H groups in total. The smallest absolute Gasteiger partial charge is 0.187 e. The van der Waals surface area contributed by atoms with Gasteiger partial charge in [-0.05, 0) is 95.1 Å². The average molecular weight is 611 g/mol. The van der Waals surface area contributed by atoms with Crippen LogP contribution in [0, 0.1) is 17.9 Å². The Labute approximate surface area is 277 Å². The van der Waals surface area contributed by atoms with Crippen LogP contribution < -0.4 is 0 Å². The number of fused-ring (bicyclic) bond motifs is 6. The quantitative estimate of drug-likeness (QED) is 0.183. The zero-order valence-electron chi connectivity index (χ0n) is 25.8. The first-order valence-corrected chi connectivity index (χ1v) is 15.9. The molecule has 2 heterocycles. The van der Waals surface area contributed by atoms with Gasteiger partial charge in [0.15, 0.2) is 5.69 Å². The molecular weight excluding hydrogens is 585 g/mol. The number of hydrogen-bond donors (Lipinski definition) is 0. The molecule has 0 aliphatic heterocycles. The lowest BCUT2D eigenvalue weighted by molar-refractivity contribution is 1.18. The van der Waals surface area contributed by atoms with Gasteiger partial charge in [-0.1, -0.05) is 84.9 Å². The molecule has 9 aromatic rings. The van der Waals surface area contributed by atoms with Gasteiger partial charge in [0.2, 0.25) is 0 Å². The van der Waals surface area contributed by atoms with Gasteiger partial charge in [0.25, 0.3) is 0 Å². The molecular formula is C44H26N4. The Hall–Kier alpha value is -6.88. The molecule has 0 bridgehead atoms. The van der Waals surface area contributed by atoms with Crippen molar-refractivity contribution in [2.45, 2.75) is 0 Å². The van der Waals surface area contributed by atoms with Gasteiger partial charge in [-0.15, -0.1) is 0 Å². The lowest BCUT2D eigenvalue weighted by atomic mass is 9.98. The maximum Gasteiger partial charge on any atom is 0.187 e. The van der Waals surface area contributed by atoms with Crippen molar-refractivity contribution in [3.63, 3.8) is 0 Å². The van der Waals surface area contributed by atoms with E-state index >= 15 is 0 Å². The molecule has 0 aliphatic carbocycles. The SMILES string of the molecule is [C-]#[N+]c1ccc(-n2c3ccccc3c3cc(-c4ccc(-c5ccc6c(c5)c5ccccc5n6-c5ccc(C#N)cc5)cc4)ccc32)cc1. The first-order valence-electron chi connectivity index (χ1n) is 15.9. The summed E-state index contributed by atoms with van der Waals surface area (Å²) in [5.74, 6) is 0. The molecule has 0 saturated carbocycles.